The Morgan fingerprint density at radius 2 is 2.40 bits per heavy atom. The molecule has 0 bridgehead atoms. The van der Waals surface area contributed by atoms with Gasteiger partial charge in [-0.1, -0.05) is 11.6 Å². The van der Waals surface area contributed by atoms with Gasteiger partial charge in [-0.2, -0.15) is 0 Å². The average Bonchev–Trinajstić information content (AvgIpc) is 1.41. The first-order valence-corrected chi connectivity index (χ1v) is 1.48. The van der Waals surface area contributed by atoms with Gasteiger partial charge < -0.3 is 0 Å². The SMILES string of the molecule is O=[C]/C=C/Cl. The van der Waals surface area contributed by atoms with E-state index < -0.39 is 0 Å². The van der Waals surface area contributed by atoms with Crippen LogP contribution in [-0.4, -0.2) is 6.29 Å². The molecule has 0 fully saturated rings. The second kappa shape index (κ2) is 3.70. The zero-order chi connectivity index (χ0) is 4.12. The van der Waals surface area contributed by atoms with Crippen LogP contribution in [0.3, 0.4) is 0 Å². The van der Waals surface area contributed by atoms with Gasteiger partial charge in [0.05, 0.1) is 0 Å². The van der Waals surface area contributed by atoms with E-state index in [1.165, 1.54) is 6.29 Å². The minimum atomic E-state index is 1.08. The number of carbonyl (C=O) groups excluding carboxylic acids is 1. The minimum Gasteiger partial charge on any atom is -0.286 e. The van der Waals surface area contributed by atoms with Gasteiger partial charge in [-0.3, -0.25) is 4.79 Å². The molecular formula is C3H2ClO. The summed E-state index contributed by atoms with van der Waals surface area (Å²) in [5.74, 6) is 0. The van der Waals surface area contributed by atoms with E-state index in [9.17, 15) is 0 Å². The van der Waals surface area contributed by atoms with Gasteiger partial charge in [0, 0.05) is 11.6 Å². The van der Waals surface area contributed by atoms with Crippen LogP contribution in [0.4, 0.5) is 0 Å². The molecule has 0 heterocycles. The van der Waals surface area contributed by atoms with Crippen molar-refractivity contribution in [2.75, 3.05) is 0 Å². The summed E-state index contributed by atoms with van der Waals surface area (Å²) in [6.45, 7) is 0. The van der Waals surface area contributed by atoms with E-state index >= 15 is 0 Å². The molecule has 0 saturated heterocycles. The van der Waals surface area contributed by atoms with Crippen molar-refractivity contribution in [3.8, 4) is 0 Å². The molecule has 0 unspecified atom stereocenters. The van der Waals surface area contributed by atoms with E-state index in [-0.39, 0.29) is 0 Å². The molecule has 0 amide bonds. The molecule has 0 aromatic heterocycles. The van der Waals surface area contributed by atoms with Crippen molar-refractivity contribution >= 4 is 17.9 Å². The second-order valence-electron chi connectivity index (χ2n) is 0.411. The van der Waals surface area contributed by atoms with Crippen molar-refractivity contribution in [1.82, 2.24) is 0 Å². The summed E-state index contributed by atoms with van der Waals surface area (Å²) in [7, 11) is 0. The molecule has 27 valence electrons. The largest absolute Gasteiger partial charge is 0.286 e. The number of rotatable bonds is 1. The van der Waals surface area contributed by atoms with E-state index in [1.807, 2.05) is 0 Å². The fourth-order valence-electron chi connectivity index (χ4n) is 0.0257. The molecule has 1 nitrogen and oxygen atoms in total. The fraction of sp³-hybridized carbons (Fsp3) is 0. The van der Waals surface area contributed by atoms with Crippen LogP contribution >= 0.6 is 11.6 Å². The molecule has 0 aromatic rings. The van der Waals surface area contributed by atoms with Crippen LogP contribution in [0.2, 0.25) is 0 Å². The van der Waals surface area contributed by atoms with Crippen molar-refractivity contribution in [2.24, 2.45) is 0 Å². The highest BCUT2D eigenvalue weighted by molar-refractivity contribution is 6.26. The summed E-state index contributed by atoms with van der Waals surface area (Å²) >= 11 is 4.86. The van der Waals surface area contributed by atoms with Crippen LogP contribution in [0, 0.1) is 0 Å². The minimum absolute atomic E-state index is 1.08. The molecule has 0 atom stereocenters. The zero-order valence-corrected chi connectivity index (χ0v) is 3.20. The monoisotopic (exact) mass is 89.0 g/mol. The van der Waals surface area contributed by atoms with E-state index in [4.69, 9.17) is 16.4 Å². The van der Waals surface area contributed by atoms with Crippen LogP contribution < -0.4 is 0 Å². The maximum Gasteiger partial charge on any atom is 0.226 e. The van der Waals surface area contributed by atoms with E-state index in [0.717, 1.165) is 11.6 Å². The van der Waals surface area contributed by atoms with E-state index in [2.05, 4.69) is 0 Å². The Morgan fingerprint density at radius 1 is 1.80 bits per heavy atom. The molecule has 0 aliphatic rings. The highest BCUT2D eigenvalue weighted by atomic mass is 35.5. The van der Waals surface area contributed by atoms with Crippen LogP contribution in [0.5, 0.6) is 0 Å². The Hall–Kier alpha value is -0.300. The van der Waals surface area contributed by atoms with Gasteiger partial charge in [0.15, 0.2) is 0 Å². The summed E-state index contributed by atoms with van der Waals surface area (Å²) in [6, 6.07) is 0. The zero-order valence-electron chi connectivity index (χ0n) is 2.44. The summed E-state index contributed by atoms with van der Waals surface area (Å²) in [6.07, 6.45) is 2.54. The molecule has 1 radical (unpaired) electrons. The smallest absolute Gasteiger partial charge is 0.226 e. The Bertz CT molecular complexity index is 48.9. The normalized spacial score (nSPS) is 9.00. The van der Waals surface area contributed by atoms with Crippen LogP contribution in [-0.2, 0) is 4.79 Å². The molecule has 0 N–H and O–H groups in total. The maximum atomic E-state index is 9.11. The highest BCUT2D eigenvalue weighted by Gasteiger charge is 1.53. The first-order chi connectivity index (χ1) is 2.41. The Morgan fingerprint density at radius 3 is 2.40 bits per heavy atom. The number of hydrogen-bond acceptors (Lipinski definition) is 1. The van der Waals surface area contributed by atoms with Crippen molar-refractivity contribution < 1.29 is 4.79 Å². The molecule has 0 aliphatic carbocycles. The van der Waals surface area contributed by atoms with Crippen LogP contribution in [0.1, 0.15) is 0 Å². The third-order valence-corrected chi connectivity index (χ3v) is 0.257. The van der Waals surface area contributed by atoms with Gasteiger partial charge in [-0.15, -0.1) is 0 Å². The third-order valence-electron chi connectivity index (χ3n) is 0.131. The maximum absolute atomic E-state index is 9.11. The lowest BCUT2D eigenvalue weighted by Crippen LogP contribution is -1.48. The van der Waals surface area contributed by atoms with Crippen molar-refractivity contribution in [3.05, 3.63) is 11.6 Å². The topological polar surface area (TPSA) is 17.1 Å². The molecule has 0 aliphatic heterocycles. The molecule has 5 heavy (non-hydrogen) atoms. The highest BCUT2D eigenvalue weighted by Crippen LogP contribution is 1.69. The molecule has 0 saturated carbocycles. The van der Waals surface area contributed by atoms with Gasteiger partial charge in [0.25, 0.3) is 0 Å². The van der Waals surface area contributed by atoms with Gasteiger partial charge in [-0.05, 0) is 0 Å². The van der Waals surface area contributed by atoms with Gasteiger partial charge in [0.2, 0.25) is 6.29 Å². The summed E-state index contributed by atoms with van der Waals surface area (Å²) in [4.78, 5) is 9.11. The predicted molar refractivity (Wildman–Crippen MR) is 20.7 cm³/mol. The summed E-state index contributed by atoms with van der Waals surface area (Å²) in [5, 5.41) is 0. The lowest BCUT2D eigenvalue weighted by atomic mass is 10.7. The molecule has 2 heteroatoms. The predicted octanol–water partition coefficient (Wildman–Crippen LogP) is 0.849. The molecule has 0 spiro atoms. The van der Waals surface area contributed by atoms with Crippen LogP contribution in [0.25, 0.3) is 0 Å². The summed E-state index contributed by atoms with van der Waals surface area (Å²) < 4.78 is 0. The van der Waals surface area contributed by atoms with Crippen molar-refractivity contribution in [2.45, 2.75) is 0 Å². The fourth-order valence-corrected chi connectivity index (χ4v) is 0.0772. The molecule has 0 aromatic carbocycles. The second-order valence-corrected chi connectivity index (χ2v) is 0.662. The number of allylic oxidation sites excluding steroid dienone is 1. The average molecular weight is 89.5 g/mol. The molecule has 0 rings (SSSR count). The van der Waals surface area contributed by atoms with Gasteiger partial charge in [-0.25, -0.2) is 0 Å². The first-order valence-electron chi connectivity index (χ1n) is 1.04. The third kappa shape index (κ3) is 3.70. The van der Waals surface area contributed by atoms with Gasteiger partial charge >= 0.3 is 0 Å². The van der Waals surface area contributed by atoms with Crippen molar-refractivity contribution in [1.29, 1.82) is 0 Å². The van der Waals surface area contributed by atoms with E-state index in [1.54, 1.807) is 0 Å². The number of halogens is 1. The lowest BCUT2D eigenvalue weighted by molar-refractivity contribution is 0.564. The number of hydrogen-bond donors (Lipinski definition) is 0. The standard InChI is InChI=1S/C3H2ClO/c4-2-1-3-5/h1-2H/b2-1+. The Labute approximate surface area is 35.2 Å². The van der Waals surface area contributed by atoms with E-state index in [0.29, 0.717) is 0 Å². The molecular weight excluding hydrogens is 87.5 g/mol. The van der Waals surface area contributed by atoms with Crippen LogP contribution in [0.15, 0.2) is 11.6 Å². The lowest BCUT2D eigenvalue weighted by Gasteiger charge is -1.46. The first kappa shape index (κ1) is 4.70. The summed E-state index contributed by atoms with van der Waals surface area (Å²) in [5.41, 5.74) is 1.10. The Balaban J connectivity index is 2.92. The Kier molecular flexibility index (Phi) is 3.48. The van der Waals surface area contributed by atoms with Crippen molar-refractivity contribution in [3.63, 3.8) is 0 Å². The quantitative estimate of drug-likeness (QED) is 0.435. The van der Waals surface area contributed by atoms with Gasteiger partial charge in [0.1, 0.15) is 0 Å².